The highest BCUT2D eigenvalue weighted by molar-refractivity contribution is 7.99. The van der Waals surface area contributed by atoms with Crippen LogP contribution >= 0.6 is 11.8 Å². The molecule has 10 heteroatoms. The molecule has 0 amide bonds. The largest absolute Gasteiger partial charge is 0.483 e. The fraction of sp³-hybridized carbons (Fsp3) is 0.227. The van der Waals surface area contributed by atoms with Gasteiger partial charge in [-0.15, -0.1) is 16.8 Å². The summed E-state index contributed by atoms with van der Waals surface area (Å²) in [6.45, 7) is 2.71. The van der Waals surface area contributed by atoms with E-state index in [-0.39, 0.29) is 29.4 Å². The number of nitrogens with zero attached hydrogens (tertiary/aromatic N) is 3. The van der Waals surface area contributed by atoms with Crippen molar-refractivity contribution in [2.24, 2.45) is 0 Å². The van der Waals surface area contributed by atoms with Gasteiger partial charge in [-0.25, -0.2) is 4.39 Å². The summed E-state index contributed by atoms with van der Waals surface area (Å²) in [6.07, 6.45) is 1.62. The SMILES string of the molecule is C=CCn1c(COc2ccccc2F)nnc1SCC(=O)c1cc(C)ccc1OC(F)F. The molecule has 1 heterocycles. The lowest BCUT2D eigenvalue weighted by atomic mass is 10.1. The van der Waals surface area contributed by atoms with Crippen LogP contribution in [-0.4, -0.2) is 32.9 Å². The van der Waals surface area contributed by atoms with Gasteiger partial charge in [-0.1, -0.05) is 41.6 Å². The summed E-state index contributed by atoms with van der Waals surface area (Å²) in [5.74, 6) is -0.653. The molecule has 0 N–H and O–H groups in total. The highest BCUT2D eigenvalue weighted by atomic mass is 32.2. The van der Waals surface area contributed by atoms with Gasteiger partial charge in [-0.05, 0) is 31.2 Å². The first-order valence-electron chi connectivity index (χ1n) is 9.50. The number of hydrogen-bond donors (Lipinski definition) is 0. The number of rotatable bonds is 11. The Bertz CT molecular complexity index is 1110. The minimum absolute atomic E-state index is 0.0411. The average molecular weight is 463 g/mol. The first kappa shape index (κ1) is 23.4. The first-order chi connectivity index (χ1) is 15.4. The standard InChI is InChI=1S/C22H20F3N3O3S/c1-3-10-28-20(12-30-19-7-5-4-6-16(19)23)26-27-22(28)32-13-17(29)15-11-14(2)8-9-18(15)31-21(24)25/h3-9,11,21H,1,10,12-13H2,2H3. The molecule has 0 bridgehead atoms. The Morgan fingerprint density at radius 3 is 2.72 bits per heavy atom. The maximum absolute atomic E-state index is 13.8. The van der Waals surface area contributed by atoms with Crippen molar-refractivity contribution in [2.45, 2.75) is 31.8 Å². The molecule has 0 saturated heterocycles. The van der Waals surface area contributed by atoms with Crippen LogP contribution < -0.4 is 9.47 Å². The number of ether oxygens (including phenoxy) is 2. The Hall–Kier alpha value is -3.27. The molecular formula is C22H20F3N3O3S. The second-order valence-electron chi connectivity index (χ2n) is 6.61. The Morgan fingerprint density at radius 2 is 2.00 bits per heavy atom. The number of para-hydroxylation sites is 1. The van der Waals surface area contributed by atoms with Crippen LogP contribution in [0.15, 0.2) is 60.3 Å². The first-order valence-corrected chi connectivity index (χ1v) is 10.5. The van der Waals surface area contributed by atoms with E-state index < -0.39 is 18.2 Å². The van der Waals surface area contributed by atoms with Gasteiger partial charge in [0.05, 0.1) is 11.3 Å². The molecule has 3 aromatic rings. The summed E-state index contributed by atoms with van der Waals surface area (Å²) in [5, 5.41) is 8.55. The zero-order chi connectivity index (χ0) is 23.1. The molecule has 168 valence electrons. The molecule has 0 saturated carbocycles. The van der Waals surface area contributed by atoms with E-state index in [0.717, 1.165) is 17.3 Å². The lowest BCUT2D eigenvalue weighted by molar-refractivity contribution is -0.0501. The fourth-order valence-corrected chi connectivity index (χ4v) is 3.67. The van der Waals surface area contributed by atoms with Gasteiger partial charge in [0.1, 0.15) is 12.4 Å². The Labute approximate surface area is 187 Å². The number of thioether (sulfide) groups is 1. The number of halogens is 3. The van der Waals surface area contributed by atoms with Gasteiger partial charge in [0.25, 0.3) is 0 Å². The minimum atomic E-state index is -3.04. The summed E-state index contributed by atoms with van der Waals surface area (Å²) >= 11 is 1.09. The fourth-order valence-electron chi connectivity index (χ4n) is 2.82. The minimum Gasteiger partial charge on any atom is -0.483 e. The predicted molar refractivity (Wildman–Crippen MR) is 114 cm³/mol. The van der Waals surface area contributed by atoms with E-state index in [2.05, 4.69) is 21.5 Å². The Balaban J connectivity index is 1.72. The van der Waals surface area contributed by atoms with Gasteiger partial charge in [-0.2, -0.15) is 8.78 Å². The molecule has 1 aromatic heterocycles. The highest BCUT2D eigenvalue weighted by Gasteiger charge is 2.19. The molecule has 0 fully saturated rings. The van der Waals surface area contributed by atoms with E-state index in [0.29, 0.717) is 17.5 Å². The predicted octanol–water partition coefficient (Wildman–Crippen LogP) is 5.07. The van der Waals surface area contributed by atoms with Crippen molar-refractivity contribution in [1.29, 1.82) is 0 Å². The maximum atomic E-state index is 13.8. The third-order valence-electron chi connectivity index (χ3n) is 4.28. The monoisotopic (exact) mass is 463 g/mol. The van der Waals surface area contributed by atoms with Crippen LogP contribution in [-0.2, 0) is 13.2 Å². The number of benzene rings is 2. The van der Waals surface area contributed by atoms with Crippen molar-refractivity contribution in [2.75, 3.05) is 5.75 Å². The van der Waals surface area contributed by atoms with Crippen LogP contribution in [0, 0.1) is 12.7 Å². The van der Waals surface area contributed by atoms with Gasteiger partial charge in [0.15, 0.2) is 28.3 Å². The zero-order valence-corrected chi connectivity index (χ0v) is 17.9. The number of allylic oxidation sites excluding steroid dienone is 1. The molecule has 6 nitrogen and oxygen atoms in total. The van der Waals surface area contributed by atoms with E-state index in [1.54, 1.807) is 35.8 Å². The topological polar surface area (TPSA) is 66.2 Å². The smallest absolute Gasteiger partial charge is 0.387 e. The van der Waals surface area contributed by atoms with Crippen LogP contribution in [0.4, 0.5) is 13.2 Å². The lowest BCUT2D eigenvalue weighted by Gasteiger charge is -2.11. The Kier molecular flexibility index (Phi) is 7.93. The summed E-state index contributed by atoms with van der Waals surface area (Å²) in [5.41, 5.74) is 0.804. The molecule has 0 spiro atoms. The average Bonchev–Trinajstić information content (AvgIpc) is 3.14. The summed E-state index contributed by atoms with van der Waals surface area (Å²) < 4.78 is 50.7. The molecule has 32 heavy (non-hydrogen) atoms. The zero-order valence-electron chi connectivity index (χ0n) is 17.1. The van der Waals surface area contributed by atoms with Gasteiger partial charge in [-0.3, -0.25) is 9.36 Å². The molecule has 0 aliphatic heterocycles. The van der Waals surface area contributed by atoms with Crippen LogP contribution in [0.3, 0.4) is 0 Å². The molecule has 0 aliphatic carbocycles. The van der Waals surface area contributed by atoms with Gasteiger partial charge in [0, 0.05) is 6.54 Å². The van der Waals surface area contributed by atoms with E-state index >= 15 is 0 Å². The lowest BCUT2D eigenvalue weighted by Crippen LogP contribution is -2.11. The molecule has 0 atom stereocenters. The second kappa shape index (κ2) is 10.9. The Morgan fingerprint density at radius 1 is 1.22 bits per heavy atom. The van der Waals surface area contributed by atoms with Gasteiger partial charge >= 0.3 is 6.61 Å². The van der Waals surface area contributed by atoms with Crippen molar-refractivity contribution in [3.63, 3.8) is 0 Å². The van der Waals surface area contributed by atoms with E-state index in [4.69, 9.17) is 4.74 Å². The number of hydrogen-bond acceptors (Lipinski definition) is 6. The molecule has 2 aromatic carbocycles. The van der Waals surface area contributed by atoms with Crippen molar-refractivity contribution < 1.29 is 27.4 Å². The number of aryl methyl sites for hydroxylation is 1. The molecule has 3 rings (SSSR count). The molecular weight excluding hydrogens is 443 g/mol. The molecule has 0 radical (unpaired) electrons. The van der Waals surface area contributed by atoms with Crippen LogP contribution in [0.1, 0.15) is 21.7 Å². The third kappa shape index (κ3) is 5.91. The summed E-state index contributed by atoms with van der Waals surface area (Å²) in [4.78, 5) is 12.7. The van der Waals surface area contributed by atoms with Gasteiger partial charge in [0.2, 0.25) is 0 Å². The van der Waals surface area contributed by atoms with E-state index in [1.165, 1.54) is 24.3 Å². The number of ketones is 1. The highest BCUT2D eigenvalue weighted by Crippen LogP contribution is 2.26. The van der Waals surface area contributed by atoms with Crippen molar-refractivity contribution in [1.82, 2.24) is 14.8 Å². The van der Waals surface area contributed by atoms with Crippen molar-refractivity contribution >= 4 is 17.5 Å². The van der Waals surface area contributed by atoms with Gasteiger partial charge < -0.3 is 9.47 Å². The second-order valence-corrected chi connectivity index (χ2v) is 7.55. The third-order valence-corrected chi connectivity index (χ3v) is 5.25. The van der Waals surface area contributed by atoms with E-state index in [9.17, 15) is 18.0 Å². The molecule has 0 unspecified atom stereocenters. The van der Waals surface area contributed by atoms with Crippen molar-refractivity contribution in [3.8, 4) is 11.5 Å². The maximum Gasteiger partial charge on any atom is 0.387 e. The normalized spacial score (nSPS) is 10.9. The summed E-state index contributed by atoms with van der Waals surface area (Å²) in [6, 6.07) is 10.4. The van der Waals surface area contributed by atoms with Crippen LogP contribution in [0.5, 0.6) is 11.5 Å². The number of carbonyl (C=O) groups excluding carboxylic acids is 1. The van der Waals surface area contributed by atoms with Crippen LogP contribution in [0.2, 0.25) is 0 Å². The van der Waals surface area contributed by atoms with Crippen molar-refractivity contribution in [3.05, 3.63) is 77.9 Å². The number of alkyl halides is 2. The van der Waals surface area contributed by atoms with Crippen LogP contribution in [0.25, 0.3) is 0 Å². The molecule has 0 aliphatic rings. The van der Waals surface area contributed by atoms with E-state index in [1.807, 2.05) is 0 Å². The number of Topliss-reactive ketones (excluding diaryl/α,β-unsaturated/α-hetero) is 1. The quantitative estimate of drug-likeness (QED) is 0.225. The number of carbonyl (C=O) groups is 1. The number of aromatic nitrogens is 3. The summed E-state index contributed by atoms with van der Waals surface area (Å²) in [7, 11) is 0.